The molecular formula is C21H18F3N3O4. The molecule has 2 aromatic rings. The molecule has 7 nitrogen and oxygen atoms in total. The van der Waals surface area contributed by atoms with Gasteiger partial charge in [0.05, 0.1) is 12.1 Å². The van der Waals surface area contributed by atoms with Crippen molar-refractivity contribution < 1.29 is 27.9 Å². The maximum Gasteiger partial charge on any atom is 0.274 e. The average molecular weight is 433 g/mol. The van der Waals surface area contributed by atoms with E-state index in [1.807, 2.05) is 0 Å². The number of rotatable bonds is 3. The molecule has 31 heavy (non-hydrogen) atoms. The van der Waals surface area contributed by atoms with Crippen LogP contribution < -0.4 is 10.7 Å². The van der Waals surface area contributed by atoms with Gasteiger partial charge in [-0.3, -0.25) is 14.4 Å². The summed E-state index contributed by atoms with van der Waals surface area (Å²) in [6, 6.07) is 0.716. The number of benzene rings is 1. The van der Waals surface area contributed by atoms with Crippen LogP contribution in [0.1, 0.15) is 45.3 Å². The third-order valence-electron chi connectivity index (χ3n) is 6.68. The molecule has 0 radical (unpaired) electrons. The minimum atomic E-state index is -1.18. The van der Waals surface area contributed by atoms with Gasteiger partial charge in [0, 0.05) is 37.5 Å². The molecule has 0 saturated heterocycles. The maximum atomic E-state index is 13.8. The van der Waals surface area contributed by atoms with Gasteiger partial charge in [-0.1, -0.05) is 0 Å². The zero-order chi connectivity index (χ0) is 22.2. The van der Waals surface area contributed by atoms with Gasteiger partial charge in [-0.2, -0.15) is 0 Å². The number of halogens is 3. The fourth-order valence-corrected chi connectivity index (χ4v) is 5.02. The van der Waals surface area contributed by atoms with Crippen LogP contribution in [0.15, 0.2) is 23.1 Å². The molecule has 5 rings (SSSR count). The highest BCUT2D eigenvalue weighted by Crippen LogP contribution is 2.60. The topological polar surface area (TPSA) is 91.6 Å². The number of amides is 2. The number of aromatic hydroxyl groups is 1. The van der Waals surface area contributed by atoms with E-state index in [1.165, 1.54) is 15.7 Å². The fourth-order valence-electron chi connectivity index (χ4n) is 5.02. The number of carbonyl (C=O) groups excluding carboxylic acids is 2. The molecule has 2 amide bonds. The van der Waals surface area contributed by atoms with E-state index in [4.69, 9.17) is 0 Å². The Kier molecular flexibility index (Phi) is 4.18. The summed E-state index contributed by atoms with van der Waals surface area (Å²) in [7, 11) is 1.63. The number of likely N-dealkylation sites (N-methyl/N-ethyl adjacent to an activating group) is 1. The number of nitrogens with one attached hydrogen (secondary N) is 1. The second-order valence-corrected chi connectivity index (χ2v) is 8.38. The van der Waals surface area contributed by atoms with E-state index in [9.17, 15) is 32.7 Å². The lowest BCUT2D eigenvalue weighted by Crippen LogP contribution is -2.49. The number of pyridine rings is 1. The summed E-state index contributed by atoms with van der Waals surface area (Å²) < 4.78 is 42.2. The Morgan fingerprint density at radius 2 is 1.87 bits per heavy atom. The van der Waals surface area contributed by atoms with E-state index < -0.39 is 58.1 Å². The van der Waals surface area contributed by atoms with Crippen LogP contribution in [0.5, 0.6) is 5.75 Å². The van der Waals surface area contributed by atoms with E-state index in [2.05, 4.69) is 5.32 Å². The zero-order valence-corrected chi connectivity index (χ0v) is 16.4. The maximum absolute atomic E-state index is 13.8. The molecule has 2 fully saturated rings. The van der Waals surface area contributed by atoms with E-state index in [0.29, 0.717) is 24.0 Å². The third kappa shape index (κ3) is 2.84. The highest BCUT2D eigenvalue weighted by molar-refractivity contribution is 5.99. The molecule has 1 aromatic carbocycles. The van der Waals surface area contributed by atoms with Crippen molar-refractivity contribution in [3.8, 4) is 5.75 Å². The zero-order valence-electron chi connectivity index (χ0n) is 16.4. The molecule has 2 aliphatic carbocycles. The minimum Gasteiger partial charge on any atom is -0.503 e. The SMILES string of the molecule is CN1C(=O)c2c(O)c(=O)c(C(=O)NCc3c(F)cc(F)cc3F)cn2[C@H]2C3CC3C[C@H]21. The summed E-state index contributed by atoms with van der Waals surface area (Å²) in [6.07, 6.45) is 3.03. The second kappa shape index (κ2) is 6.60. The van der Waals surface area contributed by atoms with Gasteiger partial charge in [0.2, 0.25) is 5.43 Å². The number of nitrogens with zero attached hydrogens (tertiary/aromatic N) is 2. The molecule has 1 aliphatic heterocycles. The van der Waals surface area contributed by atoms with Gasteiger partial charge in [0.25, 0.3) is 11.8 Å². The quantitative estimate of drug-likeness (QED) is 0.774. The summed E-state index contributed by atoms with van der Waals surface area (Å²) in [5, 5.41) is 12.7. The molecule has 1 aromatic heterocycles. The van der Waals surface area contributed by atoms with Crippen LogP contribution in [0.4, 0.5) is 13.2 Å². The van der Waals surface area contributed by atoms with E-state index in [1.54, 1.807) is 7.05 Å². The van der Waals surface area contributed by atoms with Crippen molar-refractivity contribution in [1.29, 1.82) is 0 Å². The van der Waals surface area contributed by atoms with Gasteiger partial charge < -0.3 is 19.9 Å². The first kappa shape index (κ1) is 19.7. The van der Waals surface area contributed by atoms with Crippen LogP contribution >= 0.6 is 0 Å². The molecule has 3 aliphatic rings. The Morgan fingerprint density at radius 3 is 2.55 bits per heavy atom. The first-order chi connectivity index (χ1) is 14.7. The number of fused-ring (bicyclic) bond motifs is 5. The molecular weight excluding hydrogens is 415 g/mol. The lowest BCUT2D eigenvalue weighted by Gasteiger charge is -2.39. The monoisotopic (exact) mass is 433 g/mol. The van der Waals surface area contributed by atoms with E-state index in [-0.39, 0.29) is 17.8 Å². The smallest absolute Gasteiger partial charge is 0.274 e. The summed E-state index contributed by atoms with van der Waals surface area (Å²) in [5.41, 5.74) is -2.21. The van der Waals surface area contributed by atoms with Crippen LogP contribution in [-0.2, 0) is 6.54 Å². The van der Waals surface area contributed by atoms with Crippen LogP contribution in [0.25, 0.3) is 0 Å². The van der Waals surface area contributed by atoms with Crippen molar-refractivity contribution >= 4 is 11.8 Å². The summed E-state index contributed by atoms with van der Waals surface area (Å²) in [4.78, 5) is 39.5. The predicted molar refractivity (Wildman–Crippen MR) is 101 cm³/mol. The molecule has 2 heterocycles. The van der Waals surface area contributed by atoms with Crippen molar-refractivity contribution in [2.75, 3.05) is 7.05 Å². The highest BCUT2D eigenvalue weighted by Gasteiger charge is 2.58. The fraction of sp³-hybridized carbons (Fsp3) is 0.381. The van der Waals surface area contributed by atoms with Gasteiger partial charge in [-0.15, -0.1) is 0 Å². The number of aromatic nitrogens is 1. The number of hydrogen-bond donors (Lipinski definition) is 2. The van der Waals surface area contributed by atoms with Crippen LogP contribution in [0, 0.1) is 29.3 Å². The summed E-state index contributed by atoms with van der Waals surface area (Å²) in [5.74, 6) is -4.99. The Hall–Kier alpha value is -3.30. The van der Waals surface area contributed by atoms with Gasteiger partial charge in [0.15, 0.2) is 11.4 Å². The van der Waals surface area contributed by atoms with Gasteiger partial charge in [-0.25, -0.2) is 13.2 Å². The number of carbonyl (C=O) groups is 2. The molecule has 4 atom stereocenters. The largest absolute Gasteiger partial charge is 0.503 e. The van der Waals surface area contributed by atoms with Crippen molar-refractivity contribution in [1.82, 2.24) is 14.8 Å². The molecule has 10 heteroatoms. The molecule has 2 unspecified atom stereocenters. The predicted octanol–water partition coefficient (Wildman–Crippen LogP) is 1.94. The average Bonchev–Trinajstić information content (AvgIpc) is 3.37. The van der Waals surface area contributed by atoms with E-state index >= 15 is 0 Å². The Bertz CT molecular complexity index is 1190. The molecule has 0 bridgehead atoms. The first-order valence-corrected chi connectivity index (χ1v) is 9.86. The van der Waals surface area contributed by atoms with Crippen molar-refractivity contribution in [2.45, 2.75) is 31.5 Å². The third-order valence-corrected chi connectivity index (χ3v) is 6.68. The normalized spacial score (nSPS) is 25.7. The Morgan fingerprint density at radius 1 is 1.19 bits per heavy atom. The first-order valence-electron chi connectivity index (χ1n) is 9.86. The Labute approximate surface area is 174 Å². The van der Waals surface area contributed by atoms with Crippen LogP contribution in [0.3, 0.4) is 0 Å². The summed E-state index contributed by atoms with van der Waals surface area (Å²) in [6.45, 7) is -0.628. The number of hydrogen-bond acceptors (Lipinski definition) is 4. The lowest BCUT2D eigenvalue weighted by molar-refractivity contribution is 0.0589. The lowest BCUT2D eigenvalue weighted by atomic mass is 9.99. The summed E-state index contributed by atoms with van der Waals surface area (Å²) >= 11 is 0. The molecule has 162 valence electrons. The van der Waals surface area contributed by atoms with Crippen molar-refractivity contribution in [3.63, 3.8) is 0 Å². The molecule has 2 N–H and O–H groups in total. The molecule has 0 spiro atoms. The Balaban J connectivity index is 1.50. The second-order valence-electron chi connectivity index (χ2n) is 8.38. The van der Waals surface area contributed by atoms with Crippen molar-refractivity contribution in [3.05, 3.63) is 62.8 Å². The highest BCUT2D eigenvalue weighted by atomic mass is 19.1. The minimum absolute atomic E-state index is 0.0935. The molecule has 2 saturated carbocycles. The van der Waals surface area contributed by atoms with Crippen LogP contribution in [0.2, 0.25) is 0 Å². The van der Waals surface area contributed by atoms with Gasteiger partial charge in [-0.05, 0) is 24.7 Å². The van der Waals surface area contributed by atoms with Gasteiger partial charge in [0.1, 0.15) is 23.0 Å². The van der Waals surface area contributed by atoms with Crippen LogP contribution in [-0.4, -0.2) is 39.5 Å². The van der Waals surface area contributed by atoms with E-state index in [0.717, 1.165) is 12.8 Å². The van der Waals surface area contributed by atoms with Gasteiger partial charge >= 0.3 is 0 Å². The van der Waals surface area contributed by atoms with Crippen molar-refractivity contribution in [2.24, 2.45) is 11.8 Å². The standard InChI is InChI=1S/C21H18F3N3O4/c1-26-15-3-8-2-10(8)16(15)27-7-12(18(28)19(29)17(27)21(26)31)20(30)25-6-11-13(23)4-9(22)5-14(11)24/h4-5,7-8,10,15-16,29H,2-3,6H2,1H3,(H,25,30)/t8?,10?,15-,16+/m1/s1.